The van der Waals surface area contributed by atoms with E-state index in [0.717, 1.165) is 5.39 Å². The van der Waals surface area contributed by atoms with Crippen molar-refractivity contribution in [2.75, 3.05) is 13.1 Å². The van der Waals surface area contributed by atoms with E-state index in [1.807, 2.05) is 12.1 Å². The fourth-order valence-electron chi connectivity index (χ4n) is 3.90. The molecule has 0 bridgehead atoms. The Morgan fingerprint density at radius 3 is 2.48 bits per heavy atom. The first-order valence-corrected chi connectivity index (χ1v) is 12.5. The maximum Gasteiger partial charge on any atom is 0.490 e. The van der Waals surface area contributed by atoms with Gasteiger partial charge in [0, 0.05) is 35.4 Å². The van der Waals surface area contributed by atoms with Gasteiger partial charge < -0.3 is 14.7 Å². The monoisotopic (exact) mass is 583 g/mol. The molecular formula is C26H19F6N3O4S. The number of aliphatic carboxylic acids is 1. The number of hydrogen-bond acceptors (Lipinski definition) is 6. The standard InChI is InChI=1S/C24H18F3N3O2S.C2HF3O2/c25-17-6-3-5-16(19-13-33-14-28-19)22(17)23(31)30-11-10-24(26,27)20(12-30)32-21-9-8-15-4-1-2-7-18(15)29-21;3-2(4,5)1(6)7/h1-9,13-14,20H,10-12H2;(H,6,7). The van der Waals surface area contributed by atoms with Gasteiger partial charge in [-0.3, -0.25) is 4.79 Å². The highest BCUT2D eigenvalue weighted by molar-refractivity contribution is 7.07. The van der Waals surface area contributed by atoms with Gasteiger partial charge in [0.1, 0.15) is 5.82 Å². The minimum Gasteiger partial charge on any atom is -0.475 e. The summed E-state index contributed by atoms with van der Waals surface area (Å²) >= 11 is 1.31. The fourth-order valence-corrected chi connectivity index (χ4v) is 4.45. The molecule has 1 atom stereocenters. The second kappa shape index (κ2) is 11.5. The predicted octanol–water partition coefficient (Wildman–Crippen LogP) is 6.06. The van der Waals surface area contributed by atoms with Crippen molar-refractivity contribution in [2.24, 2.45) is 0 Å². The Morgan fingerprint density at radius 2 is 1.80 bits per heavy atom. The Hall–Kier alpha value is -4.20. The van der Waals surface area contributed by atoms with Crippen LogP contribution in [-0.4, -0.2) is 63.1 Å². The first-order chi connectivity index (χ1) is 18.9. The van der Waals surface area contributed by atoms with Gasteiger partial charge in [0.15, 0.2) is 6.10 Å². The number of carboxylic acid groups (broad SMARTS) is 1. The lowest BCUT2D eigenvalue weighted by atomic mass is 9.99. The molecule has 0 radical (unpaired) electrons. The van der Waals surface area contributed by atoms with Crippen molar-refractivity contribution in [3.8, 4) is 17.1 Å². The number of amides is 1. The third-order valence-corrected chi connectivity index (χ3v) is 6.46. The number of likely N-dealkylation sites (tertiary alicyclic amines) is 1. The van der Waals surface area contributed by atoms with Crippen LogP contribution in [0.15, 0.2) is 65.5 Å². The molecular weight excluding hydrogens is 564 g/mol. The van der Waals surface area contributed by atoms with Crippen LogP contribution in [0.2, 0.25) is 0 Å². The second-order valence-corrected chi connectivity index (χ2v) is 9.27. The van der Waals surface area contributed by atoms with Crippen LogP contribution >= 0.6 is 11.3 Å². The average Bonchev–Trinajstić information content (AvgIpc) is 3.44. The summed E-state index contributed by atoms with van der Waals surface area (Å²) in [6, 6.07) is 14.8. The molecule has 1 aliphatic heterocycles. The molecule has 4 aromatic rings. The van der Waals surface area contributed by atoms with Crippen LogP contribution in [0.5, 0.6) is 5.88 Å². The van der Waals surface area contributed by atoms with E-state index in [1.165, 1.54) is 34.4 Å². The van der Waals surface area contributed by atoms with Crippen LogP contribution in [-0.2, 0) is 4.79 Å². The highest BCUT2D eigenvalue weighted by Gasteiger charge is 2.47. The molecule has 1 unspecified atom stereocenters. The van der Waals surface area contributed by atoms with E-state index in [1.54, 1.807) is 35.2 Å². The van der Waals surface area contributed by atoms with E-state index in [2.05, 4.69) is 9.97 Å². The van der Waals surface area contributed by atoms with Crippen molar-refractivity contribution in [1.82, 2.24) is 14.9 Å². The van der Waals surface area contributed by atoms with Crippen LogP contribution in [0.3, 0.4) is 0 Å². The van der Waals surface area contributed by atoms with Gasteiger partial charge in [-0.15, -0.1) is 11.3 Å². The van der Waals surface area contributed by atoms with Gasteiger partial charge in [-0.1, -0.05) is 30.3 Å². The number of aromatic nitrogens is 2. The lowest BCUT2D eigenvalue weighted by Gasteiger charge is -2.38. The number of piperidine rings is 1. The Kier molecular flexibility index (Phi) is 8.28. The summed E-state index contributed by atoms with van der Waals surface area (Å²) in [5.41, 5.74) is 2.79. The van der Waals surface area contributed by atoms with Crippen LogP contribution in [0.4, 0.5) is 26.3 Å². The smallest absolute Gasteiger partial charge is 0.475 e. The lowest BCUT2D eigenvalue weighted by molar-refractivity contribution is -0.192. The van der Waals surface area contributed by atoms with Crippen molar-refractivity contribution >= 4 is 34.1 Å². The predicted molar refractivity (Wildman–Crippen MR) is 133 cm³/mol. The molecule has 3 heterocycles. The molecule has 7 nitrogen and oxygen atoms in total. The number of carbonyl (C=O) groups is 2. The number of carboxylic acids is 1. The van der Waals surface area contributed by atoms with E-state index in [-0.39, 0.29) is 18.0 Å². The maximum atomic E-state index is 14.7. The van der Waals surface area contributed by atoms with Crippen molar-refractivity contribution < 1.29 is 45.8 Å². The quantitative estimate of drug-likeness (QED) is 0.294. The molecule has 0 saturated carbocycles. The van der Waals surface area contributed by atoms with Crippen molar-refractivity contribution in [3.63, 3.8) is 0 Å². The molecule has 14 heteroatoms. The SMILES string of the molecule is O=C(O)C(F)(F)F.O=C(c1c(F)cccc1-c1cscn1)N1CCC(F)(F)C(Oc2ccc3ccccc3n2)C1. The van der Waals surface area contributed by atoms with Gasteiger partial charge in [0.2, 0.25) is 5.88 Å². The third-order valence-electron chi connectivity index (χ3n) is 5.87. The normalized spacial score (nSPS) is 16.6. The Labute approximate surface area is 226 Å². The summed E-state index contributed by atoms with van der Waals surface area (Å²) in [7, 11) is 0. The van der Waals surface area contributed by atoms with Crippen LogP contribution in [0.1, 0.15) is 16.8 Å². The first-order valence-electron chi connectivity index (χ1n) is 11.5. The molecule has 2 aromatic heterocycles. The average molecular weight is 584 g/mol. The zero-order valence-corrected chi connectivity index (χ0v) is 21.1. The number of nitrogens with zero attached hydrogens (tertiary/aromatic N) is 3. The fraction of sp³-hybridized carbons (Fsp3) is 0.231. The number of benzene rings is 2. The summed E-state index contributed by atoms with van der Waals surface area (Å²) in [5, 5.41) is 9.68. The van der Waals surface area contributed by atoms with Gasteiger partial charge in [-0.2, -0.15) is 13.2 Å². The summed E-state index contributed by atoms with van der Waals surface area (Å²) in [5.74, 6) is -7.28. The molecule has 0 aliphatic carbocycles. The summed E-state index contributed by atoms with van der Waals surface area (Å²) in [6.07, 6.45) is -7.30. The van der Waals surface area contributed by atoms with Crippen LogP contribution in [0, 0.1) is 5.82 Å². The Balaban J connectivity index is 0.000000470. The molecule has 0 spiro atoms. The molecule has 210 valence electrons. The van der Waals surface area contributed by atoms with Crippen molar-refractivity contribution in [1.29, 1.82) is 0 Å². The van der Waals surface area contributed by atoms with E-state index in [4.69, 9.17) is 14.6 Å². The maximum absolute atomic E-state index is 14.7. The molecule has 1 fully saturated rings. The highest BCUT2D eigenvalue weighted by atomic mass is 32.1. The summed E-state index contributed by atoms with van der Waals surface area (Å²) in [4.78, 5) is 31.8. The number of carbonyl (C=O) groups excluding carboxylic acids is 1. The van der Waals surface area contributed by atoms with Gasteiger partial charge in [-0.25, -0.2) is 27.9 Å². The molecule has 2 aromatic carbocycles. The molecule has 1 amide bonds. The molecule has 1 saturated heterocycles. The summed E-state index contributed by atoms with van der Waals surface area (Å²) < 4.78 is 81.5. The zero-order valence-electron chi connectivity index (χ0n) is 20.2. The largest absolute Gasteiger partial charge is 0.490 e. The number of halogens is 6. The molecule has 1 aliphatic rings. The zero-order chi connectivity index (χ0) is 29.1. The number of hydrogen-bond donors (Lipinski definition) is 1. The molecule has 40 heavy (non-hydrogen) atoms. The first kappa shape index (κ1) is 28.8. The van der Waals surface area contributed by atoms with E-state index < -0.39 is 48.9 Å². The number of para-hydroxylation sites is 1. The van der Waals surface area contributed by atoms with Crippen molar-refractivity contribution in [3.05, 3.63) is 76.9 Å². The second-order valence-electron chi connectivity index (χ2n) is 8.55. The Bertz CT molecular complexity index is 1510. The number of fused-ring (bicyclic) bond motifs is 1. The third kappa shape index (κ3) is 6.50. The number of thiazole rings is 1. The van der Waals surface area contributed by atoms with Crippen molar-refractivity contribution in [2.45, 2.75) is 24.6 Å². The molecule has 1 N–H and O–H groups in total. The number of ether oxygens (including phenoxy) is 1. The number of alkyl halides is 5. The van der Waals surface area contributed by atoms with Gasteiger partial charge in [0.25, 0.3) is 11.8 Å². The topological polar surface area (TPSA) is 92.6 Å². The minimum absolute atomic E-state index is 0.0433. The molecule has 5 rings (SSSR count). The van der Waals surface area contributed by atoms with Crippen LogP contribution in [0.25, 0.3) is 22.2 Å². The summed E-state index contributed by atoms with van der Waals surface area (Å²) in [6.45, 7) is -0.618. The van der Waals surface area contributed by atoms with E-state index in [9.17, 15) is 31.1 Å². The highest BCUT2D eigenvalue weighted by Crippen LogP contribution is 2.34. The van der Waals surface area contributed by atoms with Crippen LogP contribution < -0.4 is 4.74 Å². The van der Waals surface area contributed by atoms with Gasteiger partial charge in [0.05, 0.1) is 28.8 Å². The van der Waals surface area contributed by atoms with E-state index >= 15 is 0 Å². The number of rotatable bonds is 4. The van der Waals surface area contributed by atoms with E-state index in [0.29, 0.717) is 16.8 Å². The lowest BCUT2D eigenvalue weighted by Crippen LogP contribution is -2.55. The Morgan fingerprint density at radius 1 is 1.07 bits per heavy atom. The number of pyridine rings is 1. The van der Waals surface area contributed by atoms with Gasteiger partial charge in [-0.05, 0) is 18.2 Å². The minimum atomic E-state index is -5.08. The van der Waals surface area contributed by atoms with Gasteiger partial charge >= 0.3 is 12.1 Å².